The first kappa shape index (κ1) is 27.5. The highest BCUT2D eigenvalue weighted by molar-refractivity contribution is 7.85. The highest BCUT2D eigenvalue weighted by atomic mass is 32.2. The first-order chi connectivity index (χ1) is 21.2. The minimum Gasteiger partial charge on any atom is -0.353 e. The van der Waals surface area contributed by atoms with E-state index in [4.69, 9.17) is 10.1 Å². The molecule has 1 N–H and O–H groups in total. The van der Waals surface area contributed by atoms with Gasteiger partial charge >= 0.3 is 0 Å². The maximum Gasteiger partial charge on any atom is 0.199 e. The van der Waals surface area contributed by atoms with Crippen LogP contribution < -0.4 is 4.90 Å². The maximum absolute atomic E-state index is 11.9. The molecule has 0 radical (unpaired) electrons. The van der Waals surface area contributed by atoms with E-state index in [9.17, 15) is 4.21 Å². The lowest BCUT2D eigenvalue weighted by Gasteiger charge is -2.31. The van der Waals surface area contributed by atoms with Crippen LogP contribution in [0.1, 0.15) is 30.1 Å². The molecule has 5 heterocycles. The molecule has 0 aliphatic carbocycles. The van der Waals surface area contributed by atoms with Gasteiger partial charge in [-0.25, -0.2) is 4.98 Å². The molecule has 2 aliphatic rings. The second-order valence-corrected chi connectivity index (χ2v) is 12.9. The summed E-state index contributed by atoms with van der Waals surface area (Å²) in [6, 6.07) is 27.0. The van der Waals surface area contributed by atoms with Crippen LogP contribution in [0, 0.1) is 0 Å². The van der Waals surface area contributed by atoms with E-state index < -0.39 is 10.8 Å². The number of benzene rings is 2. The van der Waals surface area contributed by atoms with Gasteiger partial charge in [0, 0.05) is 65.2 Å². The highest BCUT2D eigenvalue weighted by Crippen LogP contribution is 2.33. The molecule has 0 spiro atoms. The van der Waals surface area contributed by atoms with E-state index in [1.807, 2.05) is 24.3 Å². The number of anilines is 1. The average Bonchev–Trinajstić information content (AvgIpc) is 3.57. The van der Waals surface area contributed by atoms with Crippen LogP contribution in [-0.2, 0) is 17.3 Å². The Kier molecular flexibility index (Phi) is 8.02. The summed E-state index contributed by atoms with van der Waals surface area (Å²) in [7, 11) is -0.734. The lowest BCUT2D eigenvalue weighted by atomic mass is 9.95. The summed E-state index contributed by atoms with van der Waals surface area (Å²) in [6.45, 7) is 4.42. The lowest BCUT2D eigenvalue weighted by Crippen LogP contribution is -2.38. The summed E-state index contributed by atoms with van der Waals surface area (Å²) in [4.78, 5) is 13.8. The van der Waals surface area contributed by atoms with Crippen molar-refractivity contribution in [1.82, 2.24) is 35.3 Å². The fraction of sp³-hybridized carbons (Fsp3) is 0.303. The number of aromatic nitrogens is 6. The van der Waals surface area contributed by atoms with Crippen LogP contribution in [0.4, 0.5) is 5.82 Å². The van der Waals surface area contributed by atoms with E-state index in [0.717, 1.165) is 85.3 Å². The average molecular weight is 591 g/mol. The molecule has 2 aromatic carbocycles. The maximum atomic E-state index is 11.9. The second kappa shape index (κ2) is 12.5. The van der Waals surface area contributed by atoms with Crippen LogP contribution in [-0.4, -0.2) is 77.2 Å². The molecule has 43 heavy (non-hydrogen) atoms. The lowest BCUT2D eigenvalue weighted by molar-refractivity contribution is 0.202. The SMILES string of the molecule is O=S1CCN(c2cc(-c3ccccc3)c(-c3ccc(CN4CCC(c5nc(-c6ccccn6)n[nH]5)CC4)cc3)nn2)CC1. The van der Waals surface area contributed by atoms with Crippen molar-refractivity contribution in [3.63, 3.8) is 0 Å². The van der Waals surface area contributed by atoms with Gasteiger partial charge in [0.1, 0.15) is 17.2 Å². The van der Waals surface area contributed by atoms with Crippen LogP contribution in [0.2, 0.25) is 0 Å². The molecule has 5 aromatic rings. The van der Waals surface area contributed by atoms with Crippen molar-refractivity contribution in [2.75, 3.05) is 42.6 Å². The molecular weight excluding hydrogens is 556 g/mol. The number of pyridine rings is 1. The van der Waals surface area contributed by atoms with Gasteiger partial charge in [-0.1, -0.05) is 60.7 Å². The topological polar surface area (TPSA) is 104 Å². The molecule has 3 aromatic heterocycles. The van der Waals surface area contributed by atoms with E-state index in [1.165, 1.54) is 5.56 Å². The number of nitrogens with one attached hydrogen (secondary N) is 1. The predicted molar refractivity (Wildman–Crippen MR) is 170 cm³/mol. The Balaban J connectivity index is 1.02. The third-order valence-corrected chi connectivity index (χ3v) is 9.65. The zero-order valence-corrected chi connectivity index (χ0v) is 24.8. The Hall–Kier alpha value is -4.28. The van der Waals surface area contributed by atoms with Crippen LogP contribution in [0.3, 0.4) is 0 Å². The zero-order valence-electron chi connectivity index (χ0n) is 24.0. The van der Waals surface area contributed by atoms with E-state index in [-0.39, 0.29) is 0 Å². The van der Waals surface area contributed by atoms with E-state index in [1.54, 1.807) is 6.20 Å². The minimum absolute atomic E-state index is 0.383. The van der Waals surface area contributed by atoms with Crippen LogP contribution in [0.15, 0.2) is 85.1 Å². The minimum atomic E-state index is -0.734. The Morgan fingerprint density at radius 3 is 2.35 bits per heavy atom. The third kappa shape index (κ3) is 6.25. The van der Waals surface area contributed by atoms with Gasteiger partial charge in [-0.05, 0) is 55.3 Å². The monoisotopic (exact) mass is 590 g/mol. The van der Waals surface area contributed by atoms with Crippen molar-refractivity contribution in [3.05, 3.63) is 96.4 Å². The first-order valence-corrected chi connectivity index (χ1v) is 16.4. The van der Waals surface area contributed by atoms with Gasteiger partial charge in [0.2, 0.25) is 0 Å². The number of H-pyrrole nitrogens is 1. The molecule has 0 bridgehead atoms. The number of hydrogen-bond acceptors (Lipinski definition) is 8. The molecule has 9 nitrogen and oxygen atoms in total. The molecule has 2 aliphatic heterocycles. The van der Waals surface area contributed by atoms with Gasteiger partial charge in [0.25, 0.3) is 0 Å². The van der Waals surface area contributed by atoms with E-state index in [0.29, 0.717) is 23.2 Å². The molecule has 2 fully saturated rings. The van der Waals surface area contributed by atoms with Crippen LogP contribution in [0.5, 0.6) is 0 Å². The number of piperidine rings is 1. The smallest absolute Gasteiger partial charge is 0.199 e. The fourth-order valence-electron chi connectivity index (χ4n) is 5.91. The number of nitrogens with zero attached hydrogens (tertiary/aromatic N) is 7. The van der Waals surface area contributed by atoms with Crippen molar-refractivity contribution >= 4 is 16.6 Å². The molecule has 0 atom stereocenters. The summed E-state index contributed by atoms with van der Waals surface area (Å²) >= 11 is 0. The van der Waals surface area contributed by atoms with Gasteiger partial charge in [-0.15, -0.1) is 10.2 Å². The van der Waals surface area contributed by atoms with Gasteiger partial charge in [0.05, 0.1) is 0 Å². The van der Waals surface area contributed by atoms with Crippen molar-refractivity contribution < 1.29 is 4.21 Å². The zero-order chi connectivity index (χ0) is 29.0. The number of likely N-dealkylation sites (tertiary alicyclic amines) is 1. The van der Waals surface area contributed by atoms with Gasteiger partial charge in [-0.2, -0.15) is 5.10 Å². The normalized spacial score (nSPS) is 16.9. The van der Waals surface area contributed by atoms with Gasteiger partial charge in [0.15, 0.2) is 11.6 Å². The summed E-state index contributed by atoms with van der Waals surface area (Å²) in [6.07, 6.45) is 3.86. The first-order valence-electron chi connectivity index (χ1n) is 14.9. The summed E-state index contributed by atoms with van der Waals surface area (Å²) in [5.74, 6) is 4.21. The quantitative estimate of drug-likeness (QED) is 0.284. The molecule has 2 saturated heterocycles. The Morgan fingerprint density at radius 1 is 0.837 bits per heavy atom. The highest BCUT2D eigenvalue weighted by Gasteiger charge is 2.24. The number of hydrogen-bond donors (Lipinski definition) is 1. The van der Waals surface area contributed by atoms with E-state index >= 15 is 0 Å². The molecule has 0 saturated carbocycles. The standard InChI is InChI=1S/C33H34N8OS/c42-43-20-18-41(19-21-43)30-22-28(25-6-2-1-3-7-25)31(37-36-30)26-11-9-24(10-12-26)23-40-16-13-27(14-17-40)32-35-33(39-38-32)29-8-4-5-15-34-29/h1-12,15,22,27H,13-14,16-21,23H2,(H,35,38,39). The second-order valence-electron chi connectivity index (χ2n) is 11.2. The molecule has 10 heteroatoms. The molecular formula is C33H34N8OS. The van der Waals surface area contributed by atoms with Crippen LogP contribution in [0.25, 0.3) is 33.9 Å². The van der Waals surface area contributed by atoms with Crippen molar-refractivity contribution in [1.29, 1.82) is 0 Å². The van der Waals surface area contributed by atoms with E-state index in [2.05, 4.69) is 84.7 Å². The molecule has 0 unspecified atom stereocenters. The van der Waals surface area contributed by atoms with Gasteiger partial charge < -0.3 is 4.90 Å². The van der Waals surface area contributed by atoms with Crippen molar-refractivity contribution in [2.45, 2.75) is 25.3 Å². The van der Waals surface area contributed by atoms with Crippen molar-refractivity contribution in [3.8, 4) is 33.9 Å². The Labute approximate surface area is 253 Å². The summed E-state index contributed by atoms with van der Waals surface area (Å²) in [5.41, 5.74) is 6.18. The predicted octanol–water partition coefficient (Wildman–Crippen LogP) is 4.94. The molecule has 0 amide bonds. The third-order valence-electron chi connectivity index (χ3n) is 8.37. The molecule has 7 rings (SSSR count). The van der Waals surface area contributed by atoms with Crippen LogP contribution >= 0.6 is 0 Å². The van der Waals surface area contributed by atoms with Gasteiger partial charge in [-0.3, -0.25) is 19.2 Å². The largest absolute Gasteiger partial charge is 0.353 e. The molecule has 218 valence electrons. The Morgan fingerprint density at radius 2 is 1.60 bits per heavy atom. The summed E-state index contributed by atoms with van der Waals surface area (Å²) in [5, 5.41) is 16.9. The number of rotatable bonds is 7. The van der Waals surface area contributed by atoms with Crippen molar-refractivity contribution in [2.24, 2.45) is 0 Å². The Bertz CT molecular complexity index is 1680. The number of aromatic amines is 1. The fourth-order valence-corrected chi connectivity index (χ4v) is 6.96. The summed E-state index contributed by atoms with van der Waals surface area (Å²) < 4.78 is 11.9.